The molecule has 6 rings (SSSR count). The van der Waals surface area contributed by atoms with Gasteiger partial charge in [0.25, 0.3) is 0 Å². The molecule has 6 aliphatic heterocycles. The van der Waals surface area contributed by atoms with E-state index in [1.54, 1.807) is 0 Å². The highest BCUT2D eigenvalue weighted by Crippen LogP contribution is 2.24. The van der Waals surface area contributed by atoms with E-state index in [4.69, 9.17) is 9.47 Å². The van der Waals surface area contributed by atoms with Crippen LogP contribution < -0.4 is 5.32 Å². The second-order valence-corrected chi connectivity index (χ2v) is 39.1. The van der Waals surface area contributed by atoms with Crippen molar-refractivity contribution in [2.24, 2.45) is 0 Å². The van der Waals surface area contributed by atoms with Gasteiger partial charge < -0.3 is 68.7 Å². The lowest BCUT2D eigenvalue weighted by atomic mass is 10.0. The third-order valence-corrected chi connectivity index (χ3v) is 21.5. The fourth-order valence-corrected chi connectivity index (χ4v) is 11.3. The Morgan fingerprint density at radius 1 is 0.420 bits per heavy atom. The Balaban J connectivity index is 0. The molecule has 0 spiro atoms. The van der Waals surface area contributed by atoms with Gasteiger partial charge in [0.15, 0.2) is 0 Å². The number of hydrogen-bond acceptors (Lipinski definition) is 18. The van der Waals surface area contributed by atoms with Crippen LogP contribution in [-0.4, -0.2) is 405 Å². The highest BCUT2D eigenvalue weighted by molar-refractivity contribution is 4.89. The number of ether oxygens (including phenoxy) is 2. The standard InChI is InChI=1S/C12H27N3.C11H24N2O.C11H24N2.3C10H22N2.C10H24N2.C8H19NO/c1-12(2,3)14(5)8-11-15-9-6-13(4)7-10-15;1-11(2,3)12(4)5-6-13-7-9-14-10-8-13;1-11(2,3)12(4)9-10-13-7-5-6-8-13;1-10(2,3)12(5)9-6-7-11(4)8-9;1-10(2,3)12-7-6-9(8-12)11(4)5;1-10(2,3)11-8-9-6-5-7-12(9)4;1-7-11(5)8-9-12(6)10(2,3)4;1-8(2,3)10-7-6-9(4)5/h6-11H2,1-5H3;5-10H2,1-4H3;5-10H2,1-4H3;2*9H,6-8H2,1-5H3;9,11H,5-8H2,1-4H3;7-9H2,1-6H3;6-7H2,1-5H3. The van der Waals surface area contributed by atoms with Gasteiger partial charge in [-0.2, -0.15) is 0 Å². The average molecular weight is 1430 g/mol. The maximum Gasteiger partial charge on any atom is 0.0600 e. The molecule has 6 saturated heterocycles. The van der Waals surface area contributed by atoms with E-state index in [-0.39, 0.29) is 16.7 Å². The van der Waals surface area contributed by atoms with Crippen LogP contribution in [0.1, 0.15) is 212 Å². The van der Waals surface area contributed by atoms with Crippen molar-refractivity contribution in [2.45, 2.75) is 274 Å². The monoisotopic (exact) mass is 1430 g/mol. The third kappa shape index (κ3) is 52.3. The number of nitrogens with one attached hydrogen (secondary N) is 1. The molecule has 604 valence electrons. The fraction of sp³-hybridized carbons (Fsp3) is 1.00. The molecule has 0 aliphatic carbocycles. The van der Waals surface area contributed by atoms with Crippen molar-refractivity contribution >= 4 is 0 Å². The molecular weight excluding hydrogens is 1240 g/mol. The van der Waals surface area contributed by atoms with Crippen LogP contribution in [0.2, 0.25) is 0 Å². The lowest BCUT2D eigenvalue weighted by Gasteiger charge is -2.36. The molecule has 0 bridgehead atoms. The molecule has 6 aliphatic rings. The number of rotatable bonds is 20. The van der Waals surface area contributed by atoms with Gasteiger partial charge in [0, 0.05) is 181 Å². The van der Waals surface area contributed by atoms with Crippen LogP contribution in [0.15, 0.2) is 0 Å². The molecule has 0 saturated carbocycles. The lowest BCUT2D eigenvalue weighted by molar-refractivity contribution is -0.00871. The first-order valence-corrected chi connectivity index (χ1v) is 40.0. The van der Waals surface area contributed by atoms with Gasteiger partial charge in [-0.15, -0.1) is 0 Å². The number of hydrogen-bond donors (Lipinski definition) is 1. The summed E-state index contributed by atoms with van der Waals surface area (Å²) in [6.45, 7) is 87.3. The zero-order chi connectivity index (χ0) is 77.8. The summed E-state index contributed by atoms with van der Waals surface area (Å²) < 4.78 is 10.8. The average Bonchev–Trinajstić information content (AvgIpc) is 1.71. The fourth-order valence-electron chi connectivity index (χ4n) is 11.3. The second-order valence-electron chi connectivity index (χ2n) is 39.1. The largest absolute Gasteiger partial charge is 0.379 e. The number of piperazine rings is 1. The van der Waals surface area contributed by atoms with Gasteiger partial charge in [0.2, 0.25) is 0 Å². The van der Waals surface area contributed by atoms with Crippen LogP contribution in [0.5, 0.6) is 0 Å². The second kappa shape index (κ2) is 49.4. The summed E-state index contributed by atoms with van der Waals surface area (Å²) in [5.41, 5.74) is 2.15. The van der Waals surface area contributed by atoms with E-state index >= 15 is 0 Å². The van der Waals surface area contributed by atoms with Crippen LogP contribution in [0, 0.1) is 0 Å². The first kappa shape index (κ1) is 101. The van der Waals surface area contributed by atoms with Crippen LogP contribution >= 0.6 is 0 Å². The van der Waals surface area contributed by atoms with Gasteiger partial charge in [-0.05, 0) is 329 Å². The van der Waals surface area contributed by atoms with Crippen molar-refractivity contribution in [2.75, 3.05) is 269 Å². The summed E-state index contributed by atoms with van der Waals surface area (Å²) in [6, 6.07) is 2.29. The molecule has 0 aromatic carbocycles. The highest BCUT2D eigenvalue weighted by atomic mass is 16.5. The minimum Gasteiger partial charge on any atom is -0.379 e. The molecule has 0 aromatic heterocycles. The Morgan fingerprint density at radius 3 is 1.18 bits per heavy atom. The molecule has 3 atom stereocenters. The van der Waals surface area contributed by atoms with E-state index in [9.17, 15) is 0 Å². The quantitative estimate of drug-likeness (QED) is 0.126. The molecule has 1 N–H and O–H groups in total. The van der Waals surface area contributed by atoms with Crippen molar-refractivity contribution in [1.29, 1.82) is 0 Å². The number of likely N-dealkylation sites (tertiary alicyclic amines) is 4. The van der Waals surface area contributed by atoms with E-state index < -0.39 is 0 Å². The van der Waals surface area contributed by atoms with Gasteiger partial charge in [-0.3, -0.25) is 19.6 Å². The van der Waals surface area contributed by atoms with Crippen LogP contribution in [0.25, 0.3) is 0 Å². The van der Waals surface area contributed by atoms with E-state index in [2.05, 4.69) is 329 Å². The molecule has 100 heavy (non-hydrogen) atoms. The minimum absolute atomic E-state index is 0.00993. The SMILES string of the molecule is CCN(C)CCN(C)C(C)(C)C.CN(C)C1CCN(C(C)(C)C)C1.CN(C)CCOC(C)(C)C.CN(CCN1CCCC1)C(C)(C)C.CN(CCN1CCOCC1)C(C)(C)C.CN1CCC(N(C)C(C)(C)C)C1.CN1CCCC1CNC(C)(C)C.CN1CCN(CCN(C)C(C)(C)C)CC1. The molecule has 0 radical (unpaired) electrons. The molecule has 3 unspecified atom stereocenters. The number of morpholine rings is 1. The van der Waals surface area contributed by atoms with E-state index in [0.717, 1.165) is 96.8 Å². The van der Waals surface area contributed by atoms with Gasteiger partial charge >= 0.3 is 0 Å². The first-order chi connectivity index (χ1) is 45.5. The number of nitrogens with zero attached hydrogens (tertiary/aromatic N) is 15. The predicted molar refractivity (Wildman–Crippen MR) is 444 cm³/mol. The summed E-state index contributed by atoms with van der Waals surface area (Å²) in [5.74, 6) is 0. The van der Waals surface area contributed by atoms with Crippen molar-refractivity contribution in [3.8, 4) is 0 Å². The summed E-state index contributed by atoms with van der Waals surface area (Å²) in [4.78, 5) is 36.4. The van der Waals surface area contributed by atoms with Crippen molar-refractivity contribution in [3.05, 3.63) is 0 Å². The Hall–Kier alpha value is -0.720. The summed E-state index contributed by atoms with van der Waals surface area (Å²) in [5, 5.41) is 3.55. The van der Waals surface area contributed by atoms with E-state index in [1.807, 2.05) is 14.1 Å². The van der Waals surface area contributed by atoms with E-state index in [0.29, 0.717) is 27.7 Å². The maximum absolute atomic E-state index is 5.50. The van der Waals surface area contributed by atoms with Gasteiger partial charge in [-0.1, -0.05) is 6.92 Å². The molecular formula is C82H184N16O2. The van der Waals surface area contributed by atoms with Gasteiger partial charge in [0.1, 0.15) is 0 Å². The first-order valence-electron chi connectivity index (χ1n) is 40.0. The summed E-state index contributed by atoms with van der Waals surface area (Å²) >= 11 is 0. The lowest BCUT2D eigenvalue weighted by Crippen LogP contribution is -2.48. The smallest absolute Gasteiger partial charge is 0.0600 e. The van der Waals surface area contributed by atoms with Crippen LogP contribution in [-0.2, 0) is 9.47 Å². The molecule has 18 nitrogen and oxygen atoms in total. The molecule has 6 heterocycles. The van der Waals surface area contributed by atoms with Crippen LogP contribution in [0.4, 0.5) is 0 Å². The molecule has 0 amide bonds. The summed E-state index contributed by atoms with van der Waals surface area (Å²) in [7, 11) is 28.3. The Kier molecular flexibility index (Phi) is 50.0. The Labute approximate surface area is 627 Å². The summed E-state index contributed by atoms with van der Waals surface area (Å²) in [6.07, 6.45) is 8.18. The molecule has 6 fully saturated rings. The zero-order valence-electron chi connectivity index (χ0n) is 75.1. The van der Waals surface area contributed by atoms with Gasteiger partial charge in [0.05, 0.1) is 25.4 Å². The van der Waals surface area contributed by atoms with Crippen molar-refractivity contribution < 1.29 is 9.47 Å². The molecule has 18 heteroatoms. The van der Waals surface area contributed by atoms with Crippen LogP contribution in [0.3, 0.4) is 0 Å². The van der Waals surface area contributed by atoms with Crippen molar-refractivity contribution in [1.82, 2.24) is 78.8 Å². The molecule has 0 aromatic rings. The highest BCUT2D eigenvalue weighted by Gasteiger charge is 2.32. The Bertz CT molecular complexity index is 1940. The number of likely N-dealkylation sites (N-methyl/N-ethyl adjacent to an activating group) is 11. The topological polar surface area (TPSA) is 79.1 Å². The normalized spacial score (nSPS) is 21.1. The van der Waals surface area contributed by atoms with Gasteiger partial charge in [-0.25, -0.2) is 0 Å². The maximum atomic E-state index is 5.50. The van der Waals surface area contributed by atoms with E-state index in [1.165, 1.54) is 137 Å². The minimum atomic E-state index is 0.00993. The third-order valence-electron chi connectivity index (χ3n) is 21.5. The Morgan fingerprint density at radius 2 is 0.850 bits per heavy atom. The predicted octanol–water partition coefficient (Wildman–Crippen LogP) is 11.2. The zero-order valence-corrected chi connectivity index (χ0v) is 75.1. The van der Waals surface area contributed by atoms with Crippen molar-refractivity contribution in [3.63, 3.8) is 0 Å².